The number of carbonyl (C=O) groups excluding carboxylic acids is 1. The highest BCUT2D eigenvalue weighted by Crippen LogP contribution is 2.29. The molecule has 1 N–H and O–H groups in total. The number of hydrogen-bond donors (Lipinski definition) is 1. The highest BCUT2D eigenvalue weighted by Gasteiger charge is 2.25. The molecule has 0 bridgehead atoms. The normalized spacial score (nSPS) is 16.5. The molecule has 0 aliphatic heterocycles. The van der Waals surface area contributed by atoms with Crippen molar-refractivity contribution >= 4 is 33.2 Å². The van der Waals surface area contributed by atoms with Crippen LogP contribution in [0.5, 0.6) is 0 Å². The van der Waals surface area contributed by atoms with Gasteiger partial charge in [0.1, 0.15) is 12.4 Å². The Balaban J connectivity index is 1.79. The molecule has 3 rings (SSSR count). The number of anilines is 1. The monoisotopic (exact) mass is 410 g/mol. The van der Waals surface area contributed by atoms with E-state index in [1.54, 1.807) is 0 Å². The number of rotatable bonds is 5. The summed E-state index contributed by atoms with van der Waals surface area (Å²) in [6.45, 7) is -0.403. The molecule has 0 saturated heterocycles. The second-order valence-corrected chi connectivity index (χ2v) is 8.89. The molecule has 1 atom stereocenters. The van der Waals surface area contributed by atoms with Crippen molar-refractivity contribution in [3.8, 4) is 0 Å². The number of halogens is 2. The number of aryl methyl sites for hydroxylation is 1. The van der Waals surface area contributed by atoms with E-state index in [0.717, 1.165) is 41.5 Å². The SMILES string of the molecule is CS(=O)(=O)N(CC(=O)NC1CCCc2ccccc21)c1ccc(F)c(Cl)c1. The molecule has 0 radical (unpaired) electrons. The van der Waals surface area contributed by atoms with Gasteiger partial charge in [-0.25, -0.2) is 12.8 Å². The average molecular weight is 411 g/mol. The lowest BCUT2D eigenvalue weighted by atomic mass is 9.88. The Morgan fingerprint density at radius 1 is 1.30 bits per heavy atom. The third-order valence-electron chi connectivity index (χ3n) is 4.58. The van der Waals surface area contributed by atoms with Gasteiger partial charge in [0.15, 0.2) is 0 Å². The summed E-state index contributed by atoms with van der Waals surface area (Å²) in [5.74, 6) is -1.08. The number of fused-ring (bicyclic) bond motifs is 1. The minimum Gasteiger partial charge on any atom is -0.348 e. The first-order valence-electron chi connectivity index (χ1n) is 8.55. The number of benzene rings is 2. The standard InChI is InChI=1S/C19H20ClFN2O3S/c1-27(25,26)23(14-9-10-17(21)16(20)11-14)12-19(24)22-18-8-4-6-13-5-2-3-7-15(13)18/h2-3,5,7,9-11,18H,4,6,8,12H2,1H3,(H,22,24). The third-order valence-corrected chi connectivity index (χ3v) is 6.01. The number of sulfonamides is 1. The van der Waals surface area contributed by atoms with Crippen LogP contribution in [0.3, 0.4) is 0 Å². The van der Waals surface area contributed by atoms with E-state index in [2.05, 4.69) is 5.32 Å². The highest BCUT2D eigenvalue weighted by molar-refractivity contribution is 7.92. The average Bonchev–Trinajstić information content (AvgIpc) is 2.61. The Kier molecular flexibility index (Phi) is 5.72. The summed E-state index contributed by atoms with van der Waals surface area (Å²) >= 11 is 5.76. The van der Waals surface area contributed by atoms with Crippen LogP contribution < -0.4 is 9.62 Å². The zero-order valence-electron chi connectivity index (χ0n) is 14.8. The number of carbonyl (C=O) groups is 1. The largest absolute Gasteiger partial charge is 0.348 e. The van der Waals surface area contributed by atoms with Crippen molar-refractivity contribution in [3.63, 3.8) is 0 Å². The van der Waals surface area contributed by atoms with Crippen molar-refractivity contribution in [3.05, 3.63) is 64.4 Å². The van der Waals surface area contributed by atoms with Crippen molar-refractivity contribution in [2.75, 3.05) is 17.1 Å². The first-order valence-corrected chi connectivity index (χ1v) is 10.8. The maximum atomic E-state index is 13.4. The van der Waals surface area contributed by atoms with E-state index in [1.165, 1.54) is 17.7 Å². The molecular weight excluding hydrogens is 391 g/mol. The third kappa shape index (κ3) is 4.59. The maximum absolute atomic E-state index is 13.4. The molecule has 2 aromatic rings. The van der Waals surface area contributed by atoms with E-state index in [4.69, 9.17) is 11.6 Å². The van der Waals surface area contributed by atoms with Gasteiger partial charge in [-0.1, -0.05) is 35.9 Å². The molecule has 0 spiro atoms. The molecule has 0 aromatic heterocycles. The summed E-state index contributed by atoms with van der Waals surface area (Å²) in [7, 11) is -3.75. The molecule has 1 amide bonds. The Morgan fingerprint density at radius 2 is 2.04 bits per heavy atom. The van der Waals surface area contributed by atoms with Crippen molar-refractivity contribution in [2.24, 2.45) is 0 Å². The molecule has 144 valence electrons. The van der Waals surface area contributed by atoms with E-state index >= 15 is 0 Å². The van der Waals surface area contributed by atoms with Gasteiger partial charge in [-0.15, -0.1) is 0 Å². The summed E-state index contributed by atoms with van der Waals surface area (Å²) in [6.07, 6.45) is 3.70. The van der Waals surface area contributed by atoms with Crippen LogP contribution in [0.4, 0.5) is 10.1 Å². The molecule has 0 fully saturated rings. The lowest BCUT2D eigenvalue weighted by Crippen LogP contribution is -2.42. The minimum atomic E-state index is -3.75. The van der Waals surface area contributed by atoms with Crippen LogP contribution in [-0.4, -0.2) is 27.1 Å². The second kappa shape index (κ2) is 7.86. The first-order chi connectivity index (χ1) is 12.8. The van der Waals surface area contributed by atoms with E-state index < -0.39 is 28.3 Å². The molecule has 1 unspecified atom stereocenters. The quantitative estimate of drug-likeness (QED) is 0.821. The number of amides is 1. The van der Waals surface area contributed by atoms with Crippen LogP contribution in [0.25, 0.3) is 0 Å². The number of nitrogens with one attached hydrogen (secondary N) is 1. The van der Waals surface area contributed by atoms with Gasteiger partial charge in [0.2, 0.25) is 15.9 Å². The van der Waals surface area contributed by atoms with Crippen LogP contribution in [-0.2, 0) is 21.2 Å². The fourth-order valence-corrected chi connectivity index (χ4v) is 4.34. The van der Waals surface area contributed by atoms with Crippen LogP contribution in [0.1, 0.15) is 30.0 Å². The lowest BCUT2D eigenvalue weighted by molar-refractivity contribution is -0.120. The van der Waals surface area contributed by atoms with E-state index in [-0.39, 0.29) is 16.8 Å². The summed E-state index contributed by atoms with van der Waals surface area (Å²) < 4.78 is 38.6. The smallest absolute Gasteiger partial charge is 0.241 e. The van der Waals surface area contributed by atoms with E-state index in [0.29, 0.717) is 0 Å². The summed E-state index contributed by atoms with van der Waals surface area (Å²) in [5, 5.41) is 2.72. The fraction of sp³-hybridized carbons (Fsp3) is 0.316. The summed E-state index contributed by atoms with van der Waals surface area (Å²) in [6, 6.07) is 11.3. The summed E-state index contributed by atoms with van der Waals surface area (Å²) in [4.78, 5) is 12.6. The fourth-order valence-electron chi connectivity index (χ4n) is 3.31. The Bertz CT molecular complexity index is 965. The van der Waals surface area contributed by atoms with E-state index in [9.17, 15) is 17.6 Å². The summed E-state index contributed by atoms with van der Waals surface area (Å²) in [5.41, 5.74) is 2.40. The van der Waals surface area contributed by atoms with Gasteiger partial charge >= 0.3 is 0 Å². The van der Waals surface area contributed by atoms with Gasteiger partial charge in [-0.05, 0) is 48.6 Å². The maximum Gasteiger partial charge on any atom is 0.241 e. The first kappa shape index (κ1) is 19.6. The topological polar surface area (TPSA) is 66.5 Å². The molecular formula is C19H20ClFN2O3S. The molecule has 0 heterocycles. The molecule has 2 aromatic carbocycles. The predicted molar refractivity (Wildman–Crippen MR) is 104 cm³/mol. The van der Waals surface area contributed by atoms with Gasteiger partial charge in [-0.3, -0.25) is 9.10 Å². The lowest BCUT2D eigenvalue weighted by Gasteiger charge is -2.28. The van der Waals surface area contributed by atoms with Gasteiger partial charge in [0, 0.05) is 0 Å². The minimum absolute atomic E-state index is 0.142. The number of nitrogens with zero attached hydrogens (tertiary/aromatic N) is 1. The van der Waals surface area contributed by atoms with Crippen molar-refractivity contribution in [1.82, 2.24) is 5.32 Å². The Labute approximate surface area is 163 Å². The highest BCUT2D eigenvalue weighted by atomic mass is 35.5. The van der Waals surface area contributed by atoms with Crippen LogP contribution in [0, 0.1) is 5.82 Å². The Morgan fingerprint density at radius 3 is 2.74 bits per heavy atom. The molecule has 8 heteroatoms. The molecule has 27 heavy (non-hydrogen) atoms. The van der Waals surface area contributed by atoms with Gasteiger partial charge in [0.25, 0.3) is 0 Å². The van der Waals surface area contributed by atoms with Crippen molar-refractivity contribution in [1.29, 1.82) is 0 Å². The van der Waals surface area contributed by atoms with E-state index in [1.807, 2.05) is 24.3 Å². The Hall–Kier alpha value is -2.12. The molecule has 5 nitrogen and oxygen atoms in total. The van der Waals surface area contributed by atoms with Gasteiger partial charge in [-0.2, -0.15) is 0 Å². The molecule has 1 aliphatic carbocycles. The number of hydrogen-bond acceptors (Lipinski definition) is 3. The predicted octanol–water partition coefficient (Wildman–Crippen LogP) is 3.44. The second-order valence-electron chi connectivity index (χ2n) is 6.58. The zero-order valence-corrected chi connectivity index (χ0v) is 16.4. The van der Waals surface area contributed by atoms with Crippen LogP contribution in [0.2, 0.25) is 5.02 Å². The van der Waals surface area contributed by atoms with Crippen molar-refractivity contribution < 1.29 is 17.6 Å². The van der Waals surface area contributed by atoms with Crippen LogP contribution in [0.15, 0.2) is 42.5 Å². The zero-order chi connectivity index (χ0) is 19.6. The van der Waals surface area contributed by atoms with Crippen molar-refractivity contribution in [2.45, 2.75) is 25.3 Å². The van der Waals surface area contributed by atoms with Crippen LogP contribution >= 0.6 is 11.6 Å². The van der Waals surface area contributed by atoms with Gasteiger partial charge in [0.05, 0.1) is 23.0 Å². The molecule has 1 aliphatic rings. The van der Waals surface area contributed by atoms with Gasteiger partial charge < -0.3 is 5.32 Å². The molecule has 0 saturated carbocycles.